The summed E-state index contributed by atoms with van der Waals surface area (Å²) >= 11 is 1.64. The molecule has 0 saturated carbocycles. The molecule has 1 nitrogen and oxygen atoms in total. The molecule has 0 amide bonds. The molecular weight excluding hydrogens is 283 g/mol. The third-order valence-electron chi connectivity index (χ3n) is 3.79. The van der Waals surface area contributed by atoms with E-state index < -0.39 is 0 Å². The van der Waals surface area contributed by atoms with Crippen molar-refractivity contribution in [1.29, 1.82) is 0 Å². The predicted octanol–water partition coefficient (Wildman–Crippen LogP) is 5.02. The summed E-state index contributed by atoms with van der Waals surface area (Å²) in [5.41, 5.74) is -0.0401. The molecule has 21 heavy (non-hydrogen) atoms. The molecule has 0 aliphatic carbocycles. The van der Waals surface area contributed by atoms with Crippen LogP contribution in [0, 0.1) is 12.7 Å². The molecule has 4 aromatic rings. The van der Waals surface area contributed by atoms with Crippen LogP contribution in [0.3, 0.4) is 0 Å². The number of halogens is 1. The smallest absolute Gasteiger partial charge is 0.194 e. The summed E-state index contributed by atoms with van der Waals surface area (Å²) in [5.74, 6) is -0.317. The first-order valence-corrected chi connectivity index (χ1v) is 7.51. The van der Waals surface area contributed by atoms with Crippen molar-refractivity contribution in [3.63, 3.8) is 0 Å². The van der Waals surface area contributed by atoms with Crippen molar-refractivity contribution < 1.29 is 4.39 Å². The average molecular weight is 294 g/mol. The van der Waals surface area contributed by atoms with E-state index in [4.69, 9.17) is 0 Å². The van der Waals surface area contributed by atoms with E-state index in [9.17, 15) is 9.18 Å². The fraction of sp³-hybridized carbons (Fsp3) is 0.0556. The Balaban J connectivity index is 2.50. The number of hydrogen-bond acceptors (Lipinski definition) is 2. The first kappa shape index (κ1) is 12.5. The molecule has 0 saturated heterocycles. The van der Waals surface area contributed by atoms with E-state index in [0.29, 0.717) is 16.2 Å². The lowest BCUT2D eigenvalue weighted by molar-refractivity contribution is 0.630. The van der Waals surface area contributed by atoms with Crippen LogP contribution < -0.4 is 5.43 Å². The van der Waals surface area contributed by atoms with Crippen LogP contribution in [-0.4, -0.2) is 0 Å². The summed E-state index contributed by atoms with van der Waals surface area (Å²) in [6, 6.07) is 14.0. The minimum Gasteiger partial charge on any atom is -0.289 e. The molecule has 0 radical (unpaired) electrons. The summed E-state index contributed by atoms with van der Waals surface area (Å²) in [6.45, 7) is 2.03. The quantitative estimate of drug-likeness (QED) is 0.445. The van der Waals surface area contributed by atoms with E-state index in [-0.39, 0.29) is 11.2 Å². The summed E-state index contributed by atoms with van der Waals surface area (Å²) in [5, 5.41) is 3.83. The van der Waals surface area contributed by atoms with Gasteiger partial charge in [0.15, 0.2) is 5.43 Å². The fourth-order valence-corrected chi connectivity index (χ4v) is 3.94. The van der Waals surface area contributed by atoms with Crippen molar-refractivity contribution in [2.24, 2.45) is 0 Å². The highest BCUT2D eigenvalue weighted by atomic mass is 32.1. The second-order valence-electron chi connectivity index (χ2n) is 5.16. The highest BCUT2D eigenvalue weighted by Gasteiger charge is 2.11. The monoisotopic (exact) mass is 294 g/mol. The number of benzene rings is 2. The van der Waals surface area contributed by atoms with Crippen molar-refractivity contribution >= 4 is 43.0 Å². The Morgan fingerprint density at radius 1 is 0.857 bits per heavy atom. The molecule has 0 aliphatic rings. The van der Waals surface area contributed by atoms with E-state index >= 15 is 0 Å². The molecule has 0 aliphatic heterocycles. The Morgan fingerprint density at radius 3 is 2.38 bits per heavy atom. The van der Waals surface area contributed by atoms with E-state index in [0.717, 1.165) is 20.3 Å². The number of aryl methyl sites for hydroxylation is 1. The van der Waals surface area contributed by atoms with Crippen LogP contribution >= 0.6 is 11.3 Å². The molecule has 102 valence electrons. The molecule has 1 heterocycles. The molecule has 3 heteroatoms. The highest BCUT2D eigenvalue weighted by Crippen LogP contribution is 2.34. The molecule has 0 bridgehead atoms. The number of thiophene rings is 1. The maximum absolute atomic E-state index is 13.7. The Hall–Kier alpha value is -2.26. The normalized spacial score (nSPS) is 11.5. The predicted molar refractivity (Wildman–Crippen MR) is 87.8 cm³/mol. The van der Waals surface area contributed by atoms with E-state index in [1.54, 1.807) is 17.4 Å². The number of fused-ring (bicyclic) bond motifs is 5. The summed E-state index contributed by atoms with van der Waals surface area (Å²) in [4.78, 5) is 13.9. The zero-order chi connectivity index (χ0) is 14.6. The average Bonchev–Trinajstić information content (AvgIpc) is 2.84. The Labute approximate surface area is 124 Å². The summed E-state index contributed by atoms with van der Waals surface area (Å²) in [7, 11) is 0. The third-order valence-corrected chi connectivity index (χ3v) is 4.87. The van der Waals surface area contributed by atoms with E-state index in [1.807, 2.05) is 37.3 Å². The van der Waals surface area contributed by atoms with Gasteiger partial charge in [-0.3, -0.25) is 4.79 Å². The summed E-state index contributed by atoms with van der Waals surface area (Å²) < 4.78 is 14.7. The number of rotatable bonds is 0. The minimum absolute atomic E-state index is 0.0401. The van der Waals surface area contributed by atoms with Crippen molar-refractivity contribution in [3.8, 4) is 0 Å². The Kier molecular flexibility index (Phi) is 2.59. The van der Waals surface area contributed by atoms with Crippen LogP contribution in [0.4, 0.5) is 4.39 Å². The minimum atomic E-state index is -0.317. The molecule has 0 unspecified atom stereocenters. The van der Waals surface area contributed by atoms with Gasteiger partial charge in [-0.2, -0.15) is 0 Å². The van der Waals surface area contributed by atoms with Gasteiger partial charge >= 0.3 is 0 Å². The van der Waals surface area contributed by atoms with Crippen LogP contribution in [0.25, 0.3) is 31.6 Å². The molecule has 0 fully saturated rings. The number of hydrogen-bond donors (Lipinski definition) is 0. The van der Waals surface area contributed by atoms with Gasteiger partial charge in [-0.15, -0.1) is 11.3 Å². The van der Waals surface area contributed by atoms with Crippen molar-refractivity contribution in [2.45, 2.75) is 6.92 Å². The van der Waals surface area contributed by atoms with Gasteiger partial charge in [0.1, 0.15) is 5.82 Å². The highest BCUT2D eigenvalue weighted by molar-refractivity contribution is 7.20. The first-order valence-electron chi connectivity index (χ1n) is 6.69. The zero-order valence-electron chi connectivity index (χ0n) is 11.3. The molecular formula is C18H11FOS. The first-order chi connectivity index (χ1) is 10.1. The lowest BCUT2D eigenvalue weighted by Crippen LogP contribution is -1.98. The second kappa shape index (κ2) is 4.37. The SMILES string of the molecule is Cc1cc2c3cc(F)ccc3c(=O)c3ccccc3c2s1. The Bertz CT molecular complexity index is 1080. The Morgan fingerprint density at radius 2 is 1.57 bits per heavy atom. The molecule has 0 N–H and O–H groups in total. The molecule has 0 spiro atoms. The molecule has 4 rings (SSSR count). The van der Waals surface area contributed by atoms with Crippen molar-refractivity contribution in [3.05, 3.63) is 69.4 Å². The lowest BCUT2D eigenvalue weighted by Gasteiger charge is -1.93. The van der Waals surface area contributed by atoms with Gasteiger partial charge in [-0.05, 0) is 36.6 Å². The van der Waals surface area contributed by atoms with Gasteiger partial charge in [0.05, 0.1) is 0 Å². The molecule has 1 aromatic heterocycles. The fourth-order valence-electron chi connectivity index (χ4n) is 2.88. The third kappa shape index (κ3) is 1.78. The van der Waals surface area contributed by atoms with Gasteiger partial charge < -0.3 is 0 Å². The van der Waals surface area contributed by atoms with Gasteiger partial charge in [0.2, 0.25) is 0 Å². The van der Waals surface area contributed by atoms with Crippen molar-refractivity contribution in [2.75, 3.05) is 0 Å². The van der Waals surface area contributed by atoms with E-state index in [2.05, 4.69) is 0 Å². The van der Waals surface area contributed by atoms with Gasteiger partial charge in [0, 0.05) is 31.1 Å². The van der Waals surface area contributed by atoms with Crippen LogP contribution in [0.5, 0.6) is 0 Å². The summed E-state index contributed by atoms with van der Waals surface area (Å²) in [6.07, 6.45) is 0. The van der Waals surface area contributed by atoms with Gasteiger partial charge in [0.25, 0.3) is 0 Å². The van der Waals surface area contributed by atoms with Crippen LogP contribution in [-0.2, 0) is 0 Å². The van der Waals surface area contributed by atoms with Crippen molar-refractivity contribution in [1.82, 2.24) is 0 Å². The maximum Gasteiger partial charge on any atom is 0.194 e. The largest absolute Gasteiger partial charge is 0.289 e. The lowest BCUT2D eigenvalue weighted by atomic mass is 10.1. The van der Waals surface area contributed by atoms with E-state index in [1.165, 1.54) is 12.1 Å². The van der Waals surface area contributed by atoms with Gasteiger partial charge in [-0.1, -0.05) is 24.3 Å². The second-order valence-corrected chi connectivity index (χ2v) is 6.42. The zero-order valence-corrected chi connectivity index (χ0v) is 12.1. The maximum atomic E-state index is 13.7. The van der Waals surface area contributed by atoms with Gasteiger partial charge in [-0.25, -0.2) is 4.39 Å². The van der Waals surface area contributed by atoms with Crippen LogP contribution in [0.15, 0.2) is 53.3 Å². The topological polar surface area (TPSA) is 17.1 Å². The standard InChI is InChI=1S/C18H11FOS/c1-10-8-16-15-9-11(19)6-7-13(15)17(20)12-4-2-3-5-14(12)18(16)21-10/h2-9H,1H3. The van der Waals surface area contributed by atoms with Crippen LogP contribution in [0.2, 0.25) is 0 Å². The molecule has 3 aromatic carbocycles. The molecule has 0 atom stereocenters. The van der Waals surface area contributed by atoms with Crippen LogP contribution in [0.1, 0.15) is 4.88 Å².